The van der Waals surface area contributed by atoms with Crippen LogP contribution in [0.5, 0.6) is 0 Å². The van der Waals surface area contributed by atoms with Gasteiger partial charge in [-0.25, -0.2) is 9.37 Å². The molecule has 2 N–H and O–H groups in total. The number of nitrogen functional groups attached to an aromatic ring is 1. The number of aromatic nitrogens is 2. The van der Waals surface area contributed by atoms with Crippen molar-refractivity contribution in [2.45, 2.75) is 12.8 Å². The Morgan fingerprint density at radius 1 is 1.39 bits per heavy atom. The third-order valence-electron chi connectivity index (χ3n) is 3.20. The van der Waals surface area contributed by atoms with E-state index in [2.05, 4.69) is 16.9 Å². The summed E-state index contributed by atoms with van der Waals surface area (Å²) in [6, 6.07) is 6.65. The SMILES string of the molecule is CC1CN(c2ccnc(N)n2)c2ccc(F)cc21. The lowest BCUT2D eigenvalue weighted by Gasteiger charge is -2.18. The van der Waals surface area contributed by atoms with Crippen molar-refractivity contribution in [2.75, 3.05) is 17.2 Å². The minimum absolute atomic E-state index is 0.204. The first-order chi connectivity index (χ1) is 8.65. The average molecular weight is 244 g/mol. The van der Waals surface area contributed by atoms with Gasteiger partial charge in [0.25, 0.3) is 0 Å². The van der Waals surface area contributed by atoms with E-state index in [0.29, 0.717) is 0 Å². The number of benzene rings is 1. The molecular weight excluding hydrogens is 231 g/mol. The number of fused-ring (bicyclic) bond motifs is 1. The largest absolute Gasteiger partial charge is 0.368 e. The van der Waals surface area contributed by atoms with Crippen LogP contribution in [0, 0.1) is 5.82 Å². The lowest BCUT2D eigenvalue weighted by Crippen LogP contribution is -2.16. The van der Waals surface area contributed by atoms with Gasteiger partial charge in [0.05, 0.1) is 0 Å². The van der Waals surface area contributed by atoms with Crippen molar-refractivity contribution in [3.05, 3.63) is 41.8 Å². The number of nitrogens with zero attached hydrogens (tertiary/aromatic N) is 3. The molecule has 1 unspecified atom stereocenters. The molecular formula is C13H13FN4. The summed E-state index contributed by atoms with van der Waals surface area (Å²) in [7, 11) is 0. The van der Waals surface area contributed by atoms with Crippen LogP contribution in [0.15, 0.2) is 30.5 Å². The highest BCUT2D eigenvalue weighted by molar-refractivity contribution is 5.69. The zero-order valence-corrected chi connectivity index (χ0v) is 9.97. The van der Waals surface area contributed by atoms with Gasteiger partial charge in [-0.15, -0.1) is 0 Å². The highest BCUT2D eigenvalue weighted by Crippen LogP contribution is 2.40. The normalized spacial score (nSPS) is 17.9. The Hall–Kier alpha value is -2.17. The van der Waals surface area contributed by atoms with E-state index in [1.165, 1.54) is 6.07 Å². The zero-order chi connectivity index (χ0) is 12.7. The van der Waals surface area contributed by atoms with E-state index < -0.39 is 0 Å². The molecule has 4 nitrogen and oxygen atoms in total. The molecule has 1 aliphatic rings. The monoisotopic (exact) mass is 244 g/mol. The quantitative estimate of drug-likeness (QED) is 0.837. The maximum Gasteiger partial charge on any atom is 0.221 e. The summed E-state index contributed by atoms with van der Waals surface area (Å²) in [6.07, 6.45) is 1.63. The fourth-order valence-corrected chi connectivity index (χ4v) is 2.37. The Labute approximate surface area is 104 Å². The highest BCUT2D eigenvalue weighted by atomic mass is 19.1. The minimum atomic E-state index is -0.204. The average Bonchev–Trinajstić information content (AvgIpc) is 2.67. The summed E-state index contributed by atoms with van der Waals surface area (Å²) in [5.74, 6) is 1.06. The van der Waals surface area contributed by atoms with Crippen molar-refractivity contribution in [3.8, 4) is 0 Å². The van der Waals surface area contributed by atoms with Crippen molar-refractivity contribution in [1.82, 2.24) is 9.97 Å². The molecule has 5 heteroatoms. The van der Waals surface area contributed by atoms with E-state index in [-0.39, 0.29) is 17.7 Å². The minimum Gasteiger partial charge on any atom is -0.368 e. The summed E-state index contributed by atoms with van der Waals surface area (Å²) >= 11 is 0. The highest BCUT2D eigenvalue weighted by Gasteiger charge is 2.27. The third-order valence-corrected chi connectivity index (χ3v) is 3.20. The van der Waals surface area contributed by atoms with Gasteiger partial charge >= 0.3 is 0 Å². The number of hydrogen-bond acceptors (Lipinski definition) is 4. The van der Waals surface area contributed by atoms with Gasteiger partial charge in [-0.2, -0.15) is 4.98 Å². The second kappa shape index (κ2) is 3.94. The summed E-state index contributed by atoms with van der Waals surface area (Å²) in [6.45, 7) is 2.85. The van der Waals surface area contributed by atoms with Crippen LogP contribution >= 0.6 is 0 Å². The summed E-state index contributed by atoms with van der Waals surface area (Å²) in [5, 5.41) is 0. The maximum atomic E-state index is 13.3. The lowest BCUT2D eigenvalue weighted by atomic mass is 10.0. The first-order valence-electron chi connectivity index (χ1n) is 5.80. The summed E-state index contributed by atoms with van der Waals surface area (Å²) in [5.41, 5.74) is 7.59. The predicted octanol–water partition coefficient (Wildman–Crippen LogP) is 2.45. The molecule has 0 spiro atoms. The molecule has 0 amide bonds. The Balaban J connectivity index is 2.08. The van der Waals surface area contributed by atoms with Gasteiger partial charge in [0, 0.05) is 24.3 Å². The van der Waals surface area contributed by atoms with Crippen LogP contribution in [-0.2, 0) is 0 Å². The van der Waals surface area contributed by atoms with Gasteiger partial charge in [0.15, 0.2) is 0 Å². The molecule has 0 aliphatic carbocycles. The first-order valence-corrected chi connectivity index (χ1v) is 5.80. The number of rotatable bonds is 1. The molecule has 1 aliphatic heterocycles. The Bertz CT molecular complexity index is 599. The predicted molar refractivity (Wildman–Crippen MR) is 68.3 cm³/mol. The Kier molecular flexibility index (Phi) is 2.40. The van der Waals surface area contributed by atoms with Crippen LogP contribution in [-0.4, -0.2) is 16.5 Å². The fraction of sp³-hybridized carbons (Fsp3) is 0.231. The van der Waals surface area contributed by atoms with E-state index in [1.54, 1.807) is 18.3 Å². The fourth-order valence-electron chi connectivity index (χ4n) is 2.37. The summed E-state index contributed by atoms with van der Waals surface area (Å²) < 4.78 is 13.3. The Morgan fingerprint density at radius 2 is 2.22 bits per heavy atom. The van der Waals surface area contributed by atoms with Gasteiger partial charge in [-0.05, 0) is 29.8 Å². The van der Waals surface area contributed by atoms with Crippen molar-refractivity contribution in [1.29, 1.82) is 0 Å². The second-order valence-electron chi connectivity index (χ2n) is 4.49. The van der Waals surface area contributed by atoms with Crippen LogP contribution in [0.3, 0.4) is 0 Å². The molecule has 0 saturated heterocycles. The molecule has 0 fully saturated rings. The molecule has 2 heterocycles. The summed E-state index contributed by atoms with van der Waals surface area (Å²) in [4.78, 5) is 10.1. The van der Waals surface area contributed by atoms with Crippen LogP contribution in [0.25, 0.3) is 0 Å². The van der Waals surface area contributed by atoms with Crippen LogP contribution in [0.1, 0.15) is 18.4 Å². The number of nitrogens with two attached hydrogens (primary N) is 1. The molecule has 2 aromatic rings. The number of halogens is 1. The van der Waals surface area contributed by atoms with Gasteiger partial charge in [0.1, 0.15) is 11.6 Å². The van der Waals surface area contributed by atoms with Crippen LogP contribution in [0.2, 0.25) is 0 Å². The molecule has 0 bridgehead atoms. The Morgan fingerprint density at radius 3 is 3.00 bits per heavy atom. The number of hydrogen-bond donors (Lipinski definition) is 1. The van der Waals surface area contributed by atoms with E-state index in [4.69, 9.17) is 5.73 Å². The van der Waals surface area contributed by atoms with Gasteiger partial charge in [-0.3, -0.25) is 0 Å². The molecule has 0 saturated carbocycles. The molecule has 92 valence electrons. The molecule has 3 rings (SSSR count). The van der Waals surface area contributed by atoms with E-state index >= 15 is 0 Å². The molecule has 18 heavy (non-hydrogen) atoms. The first kappa shape index (κ1) is 11.0. The smallest absolute Gasteiger partial charge is 0.221 e. The van der Waals surface area contributed by atoms with Crippen LogP contribution in [0.4, 0.5) is 21.8 Å². The standard InChI is InChI=1S/C13H13FN4/c1-8-7-18(12-4-5-16-13(15)17-12)11-3-2-9(14)6-10(8)11/h2-6,8H,7H2,1H3,(H2,15,16,17). The van der Waals surface area contributed by atoms with Crippen molar-refractivity contribution in [3.63, 3.8) is 0 Å². The van der Waals surface area contributed by atoms with Crippen molar-refractivity contribution < 1.29 is 4.39 Å². The molecule has 1 atom stereocenters. The van der Waals surface area contributed by atoms with E-state index in [1.807, 2.05) is 11.0 Å². The van der Waals surface area contributed by atoms with Crippen LogP contribution < -0.4 is 10.6 Å². The topological polar surface area (TPSA) is 55.0 Å². The van der Waals surface area contributed by atoms with Gasteiger partial charge in [-0.1, -0.05) is 6.92 Å². The second-order valence-corrected chi connectivity index (χ2v) is 4.49. The van der Waals surface area contributed by atoms with E-state index in [0.717, 1.165) is 23.6 Å². The van der Waals surface area contributed by atoms with Crippen molar-refractivity contribution >= 4 is 17.5 Å². The van der Waals surface area contributed by atoms with Gasteiger partial charge < -0.3 is 10.6 Å². The number of anilines is 3. The molecule has 0 radical (unpaired) electrons. The van der Waals surface area contributed by atoms with Gasteiger partial charge in [0.2, 0.25) is 5.95 Å². The lowest BCUT2D eigenvalue weighted by molar-refractivity contribution is 0.625. The zero-order valence-electron chi connectivity index (χ0n) is 9.97. The molecule has 1 aromatic heterocycles. The van der Waals surface area contributed by atoms with E-state index in [9.17, 15) is 4.39 Å². The third kappa shape index (κ3) is 1.68. The maximum absolute atomic E-state index is 13.3. The molecule has 1 aromatic carbocycles. The van der Waals surface area contributed by atoms with Crippen molar-refractivity contribution in [2.24, 2.45) is 0 Å².